The molecule has 208 valence electrons. The van der Waals surface area contributed by atoms with Gasteiger partial charge in [-0.15, -0.1) is 10.2 Å². The molecule has 1 aliphatic heterocycles. The van der Waals surface area contributed by atoms with Crippen molar-refractivity contribution < 1.29 is 27.9 Å². The van der Waals surface area contributed by atoms with Crippen LogP contribution in [0, 0.1) is 6.92 Å². The summed E-state index contributed by atoms with van der Waals surface area (Å²) in [6.45, 7) is 2.35. The predicted octanol–water partition coefficient (Wildman–Crippen LogP) is 3.83. The van der Waals surface area contributed by atoms with Crippen LogP contribution < -0.4 is 19.7 Å². The lowest BCUT2D eigenvalue weighted by Gasteiger charge is -2.32. The highest BCUT2D eigenvalue weighted by Crippen LogP contribution is 2.37. The number of aryl methyl sites for hydroxylation is 1. The minimum Gasteiger partial charge on any atom is -0.486 e. The SMILES string of the molecule is Cc1ccc(-c2nnn(CC(=O)N(c3ccc4c(c3)OCCO4)[C@@H](C(=O)NC3CCCCC3)c3ccco3)n2)o1. The number of rotatable bonds is 8. The summed E-state index contributed by atoms with van der Waals surface area (Å²) in [7, 11) is 0. The molecule has 0 unspecified atom stereocenters. The highest BCUT2D eigenvalue weighted by molar-refractivity contribution is 6.01. The van der Waals surface area contributed by atoms with Crippen LogP contribution in [-0.4, -0.2) is 51.3 Å². The second kappa shape index (κ2) is 11.2. The van der Waals surface area contributed by atoms with Gasteiger partial charge in [0.1, 0.15) is 31.3 Å². The number of fused-ring (bicyclic) bond motifs is 1. The zero-order valence-electron chi connectivity index (χ0n) is 22.1. The Morgan fingerprint density at radius 3 is 2.65 bits per heavy atom. The molecule has 1 fully saturated rings. The molecule has 0 saturated heterocycles. The van der Waals surface area contributed by atoms with Gasteiger partial charge in [0.2, 0.25) is 5.82 Å². The number of furan rings is 2. The van der Waals surface area contributed by atoms with Gasteiger partial charge in [-0.25, -0.2) is 0 Å². The van der Waals surface area contributed by atoms with Gasteiger partial charge in [-0.2, -0.15) is 4.80 Å². The molecule has 12 nitrogen and oxygen atoms in total. The molecular weight excluding hydrogens is 516 g/mol. The first-order valence-electron chi connectivity index (χ1n) is 13.5. The monoisotopic (exact) mass is 546 g/mol. The number of nitrogens with zero attached hydrogens (tertiary/aromatic N) is 5. The molecule has 2 aliphatic rings. The molecule has 3 aromatic heterocycles. The van der Waals surface area contributed by atoms with Crippen molar-refractivity contribution in [2.45, 2.75) is 57.7 Å². The van der Waals surface area contributed by atoms with Crippen molar-refractivity contribution in [2.75, 3.05) is 18.1 Å². The van der Waals surface area contributed by atoms with E-state index >= 15 is 0 Å². The van der Waals surface area contributed by atoms with E-state index in [0.29, 0.717) is 47.7 Å². The summed E-state index contributed by atoms with van der Waals surface area (Å²) in [5, 5.41) is 15.6. The van der Waals surface area contributed by atoms with Crippen molar-refractivity contribution in [1.29, 1.82) is 0 Å². The number of carbonyl (C=O) groups is 2. The Labute approximate surface area is 230 Å². The summed E-state index contributed by atoms with van der Waals surface area (Å²) in [6.07, 6.45) is 6.53. The number of ether oxygens (including phenoxy) is 2. The number of carbonyl (C=O) groups excluding carboxylic acids is 2. The van der Waals surface area contributed by atoms with Crippen LogP contribution in [0.4, 0.5) is 5.69 Å². The number of nitrogens with one attached hydrogen (secondary N) is 1. The minimum absolute atomic E-state index is 0.0345. The van der Waals surface area contributed by atoms with Gasteiger partial charge in [0.05, 0.1) is 6.26 Å². The Morgan fingerprint density at radius 1 is 1.07 bits per heavy atom. The van der Waals surface area contributed by atoms with E-state index in [2.05, 4.69) is 20.7 Å². The molecule has 6 rings (SSSR count). The Bertz CT molecular complexity index is 1470. The summed E-state index contributed by atoms with van der Waals surface area (Å²) in [4.78, 5) is 30.5. The van der Waals surface area contributed by atoms with Crippen LogP contribution >= 0.6 is 0 Å². The van der Waals surface area contributed by atoms with Crippen molar-refractivity contribution in [3.05, 3.63) is 60.2 Å². The molecule has 0 bridgehead atoms. The van der Waals surface area contributed by atoms with E-state index in [0.717, 1.165) is 32.1 Å². The van der Waals surface area contributed by atoms with Crippen LogP contribution in [0.25, 0.3) is 11.6 Å². The first-order valence-corrected chi connectivity index (χ1v) is 13.5. The Balaban J connectivity index is 1.35. The normalized spacial score (nSPS) is 15.9. The first kappa shape index (κ1) is 25.7. The summed E-state index contributed by atoms with van der Waals surface area (Å²) in [5.74, 6) is 2.01. The molecule has 1 aromatic carbocycles. The maximum Gasteiger partial charge on any atom is 0.251 e. The lowest BCUT2D eigenvalue weighted by atomic mass is 9.95. The molecular formula is C28H30N6O6. The Kier molecular flexibility index (Phi) is 7.21. The minimum atomic E-state index is -1.08. The largest absolute Gasteiger partial charge is 0.486 e. The van der Waals surface area contributed by atoms with E-state index in [9.17, 15) is 9.59 Å². The molecule has 1 N–H and O–H groups in total. The van der Waals surface area contributed by atoms with Gasteiger partial charge < -0.3 is 23.6 Å². The average Bonchev–Trinajstić information content (AvgIpc) is 3.75. The molecule has 1 aliphatic carbocycles. The number of tetrazole rings is 1. The highest BCUT2D eigenvalue weighted by Gasteiger charge is 2.37. The van der Waals surface area contributed by atoms with Gasteiger partial charge in [-0.05, 0) is 61.4 Å². The zero-order chi connectivity index (χ0) is 27.5. The predicted molar refractivity (Wildman–Crippen MR) is 142 cm³/mol. The maximum atomic E-state index is 14.0. The fraction of sp³-hybridized carbons (Fsp3) is 0.393. The lowest BCUT2D eigenvalue weighted by molar-refractivity contribution is -0.128. The number of hydrogen-bond acceptors (Lipinski definition) is 9. The fourth-order valence-electron chi connectivity index (χ4n) is 5.13. The van der Waals surface area contributed by atoms with E-state index in [1.807, 2.05) is 6.92 Å². The van der Waals surface area contributed by atoms with Gasteiger partial charge in [0, 0.05) is 17.8 Å². The van der Waals surface area contributed by atoms with Gasteiger partial charge in [0.25, 0.3) is 11.8 Å². The van der Waals surface area contributed by atoms with E-state index in [-0.39, 0.29) is 24.3 Å². The number of hydrogen-bond donors (Lipinski definition) is 1. The van der Waals surface area contributed by atoms with Crippen LogP contribution in [0.3, 0.4) is 0 Å². The lowest BCUT2D eigenvalue weighted by Crippen LogP contribution is -2.48. The quantitative estimate of drug-likeness (QED) is 0.349. The summed E-state index contributed by atoms with van der Waals surface area (Å²) < 4.78 is 22.8. The van der Waals surface area contributed by atoms with Crippen LogP contribution in [0.5, 0.6) is 11.5 Å². The molecule has 1 atom stereocenters. The van der Waals surface area contributed by atoms with Crippen LogP contribution in [0.2, 0.25) is 0 Å². The van der Waals surface area contributed by atoms with Crippen molar-refractivity contribution in [2.24, 2.45) is 0 Å². The molecule has 12 heteroatoms. The Hall–Kier alpha value is -4.61. The number of anilines is 1. The average molecular weight is 547 g/mol. The molecule has 4 aromatic rings. The fourth-order valence-corrected chi connectivity index (χ4v) is 5.13. The van der Waals surface area contributed by atoms with Crippen LogP contribution in [0.15, 0.2) is 57.6 Å². The molecule has 1 saturated carbocycles. The van der Waals surface area contributed by atoms with Gasteiger partial charge in [-0.1, -0.05) is 19.3 Å². The summed E-state index contributed by atoms with van der Waals surface area (Å²) in [5.41, 5.74) is 0.441. The smallest absolute Gasteiger partial charge is 0.251 e. The van der Waals surface area contributed by atoms with Crippen molar-refractivity contribution in [3.8, 4) is 23.1 Å². The number of amides is 2. The van der Waals surface area contributed by atoms with Crippen LogP contribution in [-0.2, 0) is 16.1 Å². The second-order valence-corrected chi connectivity index (χ2v) is 9.91. The highest BCUT2D eigenvalue weighted by atomic mass is 16.6. The van der Waals surface area contributed by atoms with E-state index < -0.39 is 11.9 Å². The number of benzene rings is 1. The molecule has 2 amide bonds. The van der Waals surface area contributed by atoms with Crippen molar-refractivity contribution in [1.82, 2.24) is 25.5 Å². The Morgan fingerprint density at radius 2 is 1.90 bits per heavy atom. The summed E-state index contributed by atoms with van der Waals surface area (Å²) >= 11 is 0. The zero-order valence-corrected chi connectivity index (χ0v) is 22.1. The molecule has 0 radical (unpaired) electrons. The van der Waals surface area contributed by atoms with E-state index in [4.69, 9.17) is 18.3 Å². The third-order valence-corrected chi connectivity index (χ3v) is 7.03. The molecule has 40 heavy (non-hydrogen) atoms. The maximum absolute atomic E-state index is 14.0. The van der Waals surface area contributed by atoms with E-state index in [1.165, 1.54) is 16.0 Å². The third kappa shape index (κ3) is 5.42. The molecule has 0 spiro atoms. The second-order valence-electron chi connectivity index (χ2n) is 9.91. The standard InChI is InChI=1S/C28H30N6O6/c1-18-9-11-23(40-18)27-30-32-33(31-27)17-25(35)34(20-10-12-21-24(16-20)39-15-14-38-21)26(22-8-5-13-37-22)28(36)29-19-6-3-2-4-7-19/h5,8-13,16,19,26H,2-4,6-7,14-15,17H2,1H3,(H,29,36)/t26-/m1/s1. The van der Waals surface area contributed by atoms with Gasteiger partial charge >= 0.3 is 0 Å². The summed E-state index contributed by atoms with van der Waals surface area (Å²) in [6, 6.07) is 11.0. The van der Waals surface area contributed by atoms with Crippen LogP contribution in [0.1, 0.15) is 49.7 Å². The van der Waals surface area contributed by atoms with E-state index in [1.54, 1.807) is 42.5 Å². The first-order chi connectivity index (χ1) is 19.5. The topological polar surface area (TPSA) is 138 Å². The third-order valence-electron chi connectivity index (χ3n) is 7.03. The van der Waals surface area contributed by atoms with Gasteiger partial charge in [0.15, 0.2) is 23.3 Å². The number of aromatic nitrogens is 4. The van der Waals surface area contributed by atoms with Crippen molar-refractivity contribution in [3.63, 3.8) is 0 Å². The molecule has 4 heterocycles. The van der Waals surface area contributed by atoms with Gasteiger partial charge in [-0.3, -0.25) is 14.5 Å². The van der Waals surface area contributed by atoms with Crippen molar-refractivity contribution >= 4 is 17.5 Å².